The van der Waals surface area contributed by atoms with E-state index in [1.807, 2.05) is 0 Å². The number of thioether (sulfide) groups is 1. The molecule has 1 unspecified atom stereocenters. The summed E-state index contributed by atoms with van der Waals surface area (Å²) in [5.41, 5.74) is 0.948. The van der Waals surface area contributed by atoms with Crippen molar-refractivity contribution in [2.24, 2.45) is 10.9 Å². The average molecular weight is 456 g/mol. The van der Waals surface area contributed by atoms with E-state index in [9.17, 15) is 9.59 Å². The lowest BCUT2D eigenvalue weighted by Gasteiger charge is -2.15. The van der Waals surface area contributed by atoms with Crippen LogP contribution in [0.3, 0.4) is 0 Å². The lowest BCUT2D eigenvalue weighted by Crippen LogP contribution is -2.32. The van der Waals surface area contributed by atoms with E-state index in [0.29, 0.717) is 33.2 Å². The Hall–Kier alpha value is -1.50. The van der Waals surface area contributed by atoms with Crippen LogP contribution in [0.2, 0.25) is 10.0 Å². The highest BCUT2D eigenvalue weighted by Gasteiger charge is 2.28. The third-order valence-corrected chi connectivity index (χ3v) is 6.34. The average Bonchev–Trinajstić information content (AvgIpc) is 2.96. The minimum Gasteiger partial charge on any atom is -0.355 e. The predicted molar refractivity (Wildman–Crippen MR) is 123 cm³/mol. The molecule has 0 bridgehead atoms. The third-order valence-electron chi connectivity index (χ3n) is 4.75. The number of carbonyl (C=O) groups is 2. The molecule has 158 valence electrons. The summed E-state index contributed by atoms with van der Waals surface area (Å²) in [5.74, 6) is 0.446. The summed E-state index contributed by atoms with van der Waals surface area (Å²) in [6.07, 6.45) is 6.16. The normalized spacial score (nSPS) is 16.3. The standard InChI is InChI=1S/C21H27Cl2N3O2S/c1-4-6-7-14(5-2)12-24-19(27)13-29-21-25-18(20(28)26(21)3)10-15-8-9-16(22)11-17(15)23/h8-11,14H,4-7,12-13H2,1-3H3,(H,24,27)/b18-10+. The summed E-state index contributed by atoms with van der Waals surface area (Å²) in [7, 11) is 1.65. The molecule has 0 fully saturated rings. The third kappa shape index (κ3) is 7.05. The zero-order valence-corrected chi connectivity index (χ0v) is 19.3. The van der Waals surface area contributed by atoms with Crippen molar-refractivity contribution in [1.29, 1.82) is 0 Å². The number of amides is 2. The van der Waals surface area contributed by atoms with Crippen molar-refractivity contribution in [2.75, 3.05) is 19.3 Å². The first-order valence-corrected chi connectivity index (χ1v) is 11.5. The summed E-state index contributed by atoms with van der Waals surface area (Å²) in [4.78, 5) is 30.5. The first-order valence-electron chi connectivity index (χ1n) is 9.78. The molecule has 0 spiro atoms. The molecular formula is C21H27Cl2N3O2S. The summed E-state index contributed by atoms with van der Waals surface area (Å²) in [6.45, 7) is 5.01. The molecule has 0 aliphatic carbocycles. The molecule has 1 atom stereocenters. The number of hydrogen-bond donors (Lipinski definition) is 1. The molecule has 1 aromatic rings. The van der Waals surface area contributed by atoms with Crippen LogP contribution in [-0.2, 0) is 9.59 Å². The van der Waals surface area contributed by atoms with Gasteiger partial charge in [-0.3, -0.25) is 14.5 Å². The number of aliphatic imine (C=N–C) groups is 1. The molecule has 29 heavy (non-hydrogen) atoms. The molecule has 0 saturated carbocycles. The second-order valence-corrected chi connectivity index (χ2v) is 8.75. The molecule has 1 aliphatic heterocycles. The number of unbranched alkanes of at least 4 members (excludes halogenated alkanes) is 1. The van der Waals surface area contributed by atoms with Crippen LogP contribution >= 0.6 is 35.0 Å². The number of halogens is 2. The molecule has 1 aliphatic rings. The molecule has 1 heterocycles. The van der Waals surface area contributed by atoms with Crippen molar-refractivity contribution in [1.82, 2.24) is 10.2 Å². The van der Waals surface area contributed by atoms with Crippen molar-refractivity contribution >= 4 is 58.0 Å². The van der Waals surface area contributed by atoms with Gasteiger partial charge in [-0.2, -0.15) is 0 Å². The predicted octanol–water partition coefficient (Wildman–Crippen LogP) is 5.23. The SMILES string of the molecule is CCCCC(CC)CNC(=O)CSC1=N/C(=C/c2ccc(Cl)cc2Cl)C(=O)N1C. The van der Waals surface area contributed by atoms with Crippen molar-refractivity contribution in [3.63, 3.8) is 0 Å². The monoisotopic (exact) mass is 455 g/mol. The summed E-state index contributed by atoms with van der Waals surface area (Å²) in [5, 5.41) is 4.47. The minimum atomic E-state index is -0.232. The van der Waals surface area contributed by atoms with E-state index in [1.54, 1.807) is 31.3 Å². The molecule has 0 saturated heterocycles. The van der Waals surface area contributed by atoms with E-state index in [0.717, 1.165) is 19.3 Å². The molecule has 0 radical (unpaired) electrons. The van der Waals surface area contributed by atoms with Crippen LogP contribution < -0.4 is 5.32 Å². The van der Waals surface area contributed by atoms with Gasteiger partial charge in [-0.25, -0.2) is 4.99 Å². The van der Waals surface area contributed by atoms with Gasteiger partial charge >= 0.3 is 0 Å². The number of nitrogens with one attached hydrogen (secondary N) is 1. The summed E-state index contributed by atoms with van der Waals surface area (Å²) < 4.78 is 0. The molecule has 1 aromatic carbocycles. The summed E-state index contributed by atoms with van der Waals surface area (Å²) in [6, 6.07) is 5.06. The van der Waals surface area contributed by atoms with Crippen LogP contribution in [-0.4, -0.2) is 41.2 Å². The summed E-state index contributed by atoms with van der Waals surface area (Å²) >= 11 is 13.3. The second-order valence-electron chi connectivity index (χ2n) is 6.96. The number of rotatable bonds is 9. The number of nitrogens with zero attached hydrogens (tertiary/aromatic N) is 2. The Kier molecular flexibility index (Phi) is 9.53. The minimum absolute atomic E-state index is 0.0494. The van der Waals surface area contributed by atoms with E-state index in [4.69, 9.17) is 23.2 Å². The Morgan fingerprint density at radius 2 is 2.10 bits per heavy atom. The number of hydrogen-bond acceptors (Lipinski definition) is 4. The zero-order valence-electron chi connectivity index (χ0n) is 17.0. The van der Waals surface area contributed by atoms with Crippen LogP contribution in [0.25, 0.3) is 6.08 Å². The Balaban J connectivity index is 1.94. The Labute approximate surface area is 186 Å². The first kappa shape index (κ1) is 23.8. The van der Waals surface area contributed by atoms with Crippen LogP contribution in [0.1, 0.15) is 45.1 Å². The van der Waals surface area contributed by atoms with Crippen LogP contribution in [0.4, 0.5) is 0 Å². The van der Waals surface area contributed by atoms with E-state index < -0.39 is 0 Å². The molecule has 8 heteroatoms. The van der Waals surface area contributed by atoms with Gasteiger partial charge in [0.15, 0.2) is 5.17 Å². The maximum absolute atomic E-state index is 12.5. The van der Waals surface area contributed by atoms with Crippen LogP contribution in [0.5, 0.6) is 0 Å². The molecule has 2 rings (SSSR count). The maximum Gasteiger partial charge on any atom is 0.278 e. The maximum atomic E-state index is 12.5. The van der Waals surface area contributed by atoms with Gasteiger partial charge in [0.2, 0.25) is 5.91 Å². The smallest absolute Gasteiger partial charge is 0.278 e. The first-order chi connectivity index (χ1) is 13.8. The second kappa shape index (κ2) is 11.6. The molecule has 2 amide bonds. The Morgan fingerprint density at radius 1 is 1.34 bits per heavy atom. The van der Waals surface area contributed by atoms with Crippen molar-refractivity contribution in [2.45, 2.75) is 39.5 Å². The quantitative estimate of drug-likeness (QED) is 0.518. The van der Waals surface area contributed by atoms with Gasteiger partial charge in [0.1, 0.15) is 5.70 Å². The van der Waals surface area contributed by atoms with Crippen LogP contribution in [0, 0.1) is 5.92 Å². The van der Waals surface area contributed by atoms with E-state index in [-0.39, 0.29) is 23.3 Å². The number of amidine groups is 1. The van der Waals surface area contributed by atoms with Gasteiger partial charge in [0.05, 0.1) is 5.75 Å². The van der Waals surface area contributed by atoms with Gasteiger partial charge in [-0.15, -0.1) is 0 Å². The topological polar surface area (TPSA) is 61.8 Å². The van der Waals surface area contributed by atoms with Gasteiger partial charge < -0.3 is 5.32 Å². The van der Waals surface area contributed by atoms with Gasteiger partial charge in [-0.05, 0) is 36.1 Å². The largest absolute Gasteiger partial charge is 0.355 e. The number of likely N-dealkylation sites (N-methyl/N-ethyl adjacent to an activating group) is 1. The highest BCUT2D eigenvalue weighted by Crippen LogP contribution is 2.27. The fourth-order valence-corrected chi connectivity index (χ4v) is 4.12. The van der Waals surface area contributed by atoms with E-state index in [2.05, 4.69) is 24.2 Å². The van der Waals surface area contributed by atoms with Crippen LogP contribution in [0.15, 0.2) is 28.9 Å². The zero-order chi connectivity index (χ0) is 21.4. The van der Waals surface area contributed by atoms with Gasteiger partial charge in [0.25, 0.3) is 5.91 Å². The van der Waals surface area contributed by atoms with Gasteiger partial charge in [0, 0.05) is 23.6 Å². The Bertz CT molecular complexity index is 811. The van der Waals surface area contributed by atoms with E-state index in [1.165, 1.54) is 23.1 Å². The highest BCUT2D eigenvalue weighted by atomic mass is 35.5. The lowest BCUT2D eigenvalue weighted by molar-refractivity contribution is -0.121. The van der Waals surface area contributed by atoms with E-state index >= 15 is 0 Å². The fourth-order valence-electron chi connectivity index (χ4n) is 2.86. The molecular weight excluding hydrogens is 429 g/mol. The molecule has 0 aromatic heterocycles. The Morgan fingerprint density at radius 3 is 2.76 bits per heavy atom. The number of benzene rings is 1. The molecule has 5 nitrogen and oxygen atoms in total. The molecule has 1 N–H and O–H groups in total. The highest BCUT2D eigenvalue weighted by molar-refractivity contribution is 8.14. The van der Waals surface area contributed by atoms with Crippen molar-refractivity contribution in [3.05, 3.63) is 39.5 Å². The fraction of sp³-hybridized carbons (Fsp3) is 0.476. The van der Waals surface area contributed by atoms with Crippen molar-refractivity contribution < 1.29 is 9.59 Å². The lowest BCUT2D eigenvalue weighted by atomic mass is 9.99. The van der Waals surface area contributed by atoms with Gasteiger partial charge in [-0.1, -0.05) is 74.1 Å². The number of carbonyl (C=O) groups excluding carboxylic acids is 2. The van der Waals surface area contributed by atoms with Crippen molar-refractivity contribution in [3.8, 4) is 0 Å².